The summed E-state index contributed by atoms with van der Waals surface area (Å²) in [5, 5.41) is 2.03. The lowest BCUT2D eigenvalue weighted by Gasteiger charge is -2.12. The lowest BCUT2D eigenvalue weighted by atomic mass is 10.2. The van der Waals surface area contributed by atoms with Crippen molar-refractivity contribution in [2.24, 2.45) is 0 Å². The van der Waals surface area contributed by atoms with Crippen LogP contribution in [0.25, 0.3) is 10.9 Å². The number of halogens is 1. The summed E-state index contributed by atoms with van der Waals surface area (Å²) in [7, 11) is 0. The first-order valence-corrected chi connectivity index (χ1v) is 5.16. The lowest BCUT2D eigenvalue weighted by Crippen LogP contribution is -2.01. The van der Waals surface area contributed by atoms with Gasteiger partial charge in [0.15, 0.2) is 0 Å². The van der Waals surface area contributed by atoms with Crippen LogP contribution in [0.2, 0.25) is 5.02 Å². The Labute approximate surface area is 89.3 Å². The summed E-state index contributed by atoms with van der Waals surface area (Å²) in [5.74, 6) is 0. The Morgan fingerprint density at radius 3 is 2.86 bits per heavy atom. The van der Waals surface area contributed by atoms with Crippen molar-refractivity contribution < 1.29 is 0 Å². The second-order valence-corrected chi connectivity index (χ2v) is 3.94. The van der Waals surface area contributed by atoms with Crippen molar-refractivity contribution in [2.75, 3.05) is 0 Å². The molecule has 0 aliphatic carbocycles. The molecular formula is C12H13ClN. The molecule has 2 heteroatoms. The standard InChI is InChI=1S/C12H13ClN/c1-3-9(2)14-7-6-10-4-5-11(13)8-12(10)14/h3-9H,1-2H3. The Morgan fingerprint density at radius 1 is 1.36 bits per heavy atom. The van der Waals surface area contributed by atoms with Crippen LogP contribution in [0.4, 0.5) is 0 Å². The highest BCUT2D eigenvalue weighted by atomic mass is 35.5. The molecule has 14 heavy (non-hydrogen) atoms. The van der Waals surface area contributed by atoms with E-state index in [2.05, 4.69) is 43.2 Å². The predicted molar refractivity (Wildman–Crippen MR) is 61.6 cm³/mol. The third kappa shape index (κ3) is 1.53. The van der Waals surface area contributed by atoms with Crippen LogP contribution in [0.5, 0.6) is 0 Å². The second kappa shape index (κ2) is 3.66. The highest BCUT2D eigenvalue weighted by molar-refractivity contribution is 6.31. The SMILES string of the molecule is C[CH]C(C)n1ccc2ccc(Cl)cc21. The van der Waals surface area contributed by atoms with Gasteiger partial charge in [-0.2, -0.15) is 0 Å². The Bertz CT molecular complexity index is 445. The van der Waals surface area contributed by atoms with Gasteiger partial charge in [0.1, 0.15) is 0 Å². The second-order valence-electron chi connectivity index (χ2n) is 3.50. The third-order valence-corrected chi connectivity index (χ3v) is 2.84. The molecule has 1 nitrogen and oxygen atoms in total. The molecule has 0 amide bonds. The van der Waals surface area contributed by atoms with Crippen molar-refractivity contribution in [3.63, 3.8) is 0 Å². The zero-order valence-corrected chi connectivity index (χ0v) is 9.12. The first-order chi connectivity index (χ1) is 6.72. The van der Waals surface area contributed by atoms with Gasteiger partial charge in [0.2, 0.25) is 0 Å². The summed E-state index contributed by atoms with van der Waals surface area (Å²) in [6.45, 7) is 4.24. The van der Waals surface area contributed by atoms with Crippen molar-refractivity contribution >= 4 is 22.5 Å². The molecular weight excluding hydrogens is 194 g/mol. The Morgan fingerprint density at radius 2 is 2.14 bits per heavy atom. The van der Waals surface area contributed by atoms with Gasteiger partial charge in [-0.1, -0.05) is 24.6 Å². The molecule has 1 unspecified atom stereocenters. The topological polar surface area (TPSA) is 4.93 Å². The highest BCUT2D eigenvalue weighted by Gasteiger charge is 2.06. The van der Waals surface area contributed by atoms with Crippen molar-refractivity contribution in [1.29, 1.82) is 0 Å². The maximum Gasteiger partial charge on any atom is 0.0497 e. The summed E-state index contributed by atoms with van der Waals surface area (Å²) < 4.78 is 2.22. The Hall–Kier alpha value is -0.950. The van der Waals surface area contributed by atoms with Crippen LogP contribution in [-0.2, 0) is 0 Å². The van der Waals surface area contributed by atoms with Gasteiger partial charge in [0.05, 0.1) is 0 Å². The third-order valence-electron chi connectivity index (χ3n) is 2.61. The minimum absolute atomic E-state index is 0.408. The van der Waals surface area contributed by atoms with Crippen LogP contribution < -0.4 is 0 Å². The smallest absolute Gasteiger partial charge is 0.0497 e. The molecule has 1 heterocycles. The van der Waals surface area contributed by atoms with Crippen LogP contribution in [0.1, 0.15) is 19.9 Å². The summed E-state index contributed by atoms with van der Waals surface area (Å²) in [6, 6.07) is 8.51. The first kappa shape index (κ1) is 9.60. The number of hydrogen-bond acceptors (Lipinski definition) is 0. The quantitative estimate of drug-likeness (QED) is 0.698. The summed E-state index contributed by atoms with van der Waals surface area (Å²) in [6.07, 6.45) is 4.27. The van der Waals surface area contributed by atoms with Crippen LogP contribution >= 0.6 is 11.6 Å². The molecule has 2 aromatic rings. The monoisotopic (exact) mass is 206 g/mol. The van der Waals surface area contributed by atoms with Crippen molar-refractivity contribution in [2.45, 2.75) is 19.9 Å². The largest absolute Gasteiger partial charge is 0.344 e. The molecule has 0 saturated heterocycles. The number of fused-ring (bicyclic) bond motifs is 1. The summed E-state index contributed by atoms with van der Waals surface area (Å²) in [4.78, 5) is 0. The van der Waals surface area contributed by atoms with E-state index >= 15 is 0 Å². The van der Waals surface area contributed by atoms with Crippen LogP contribution in [0, 0.1) is 6.42 Å². The van der Waals surface area contributed by atoms with Gasteiger partial charge in [-0.05, 0) is 36.9 Å². The molecule has 1 radical (unpaired) electrons. The van der Waals surface area contributed by atoms with Gasteiger partial charge in [-0.25, -0.2) is 0 Å². The highest BCUT2D eigenvalue weighted by Crippen LogP contribution is 2.24. The van der Waals surface area contributed by atoms with E-state index in [1.165, 1.54) is 10.9 Å². The molecule has 0 saturated carbocycles. The molecule has 2 rings (SSSR count). The molecule has 1 aromatic carbocycles. The normalized spacial score (nSPS) is 13.4. The zero-order chi connectivity index (χ0) is 10.1. The fraction of sp³-hybridized carbons (Fsp3) is 0.250. The molecule has 1 atom stereocenters. The van der Waals surface area contributed by atoms with E-state index in [4.69, 9.17) is 11.6 Å². The maximum atomic E-state index is 5.97. The molecule has 0 aliphatic heterocycles. The van der Waals surface area contributed by atoms with Gasteiger partial charge in [0, 0.05) is 22.8 Å². The Kier molecular flexibility index (Phi) is 2.51. The molecule has 0 fully saturated rings. The molecule has 73 valence electrons. The summed E-state index contributed by atoms with van der Waals surface area (Å²) >= 11 is 5.97. The number of rotatable bonds is 2. The van der Waals surface area contributed by atoms with Crippen molar-refractivity contribution in [1.82, 2.24) is 4.57 Å². The van der Waals surface area contributed by atoms with Crippen LogP contribution in [0.3, 0.4) is 0 Å². The van der Waals surface area contributed by atoms with E-state index in [1.54, 1.807) is 0 Å². The van der Waals surface area contributed by atoms with Crippen molar-refractivity contribution in [3.05, 3.63) is 41.9 Å². The molecule has 0 aliphatic rings. The number of benzene rings is 1. The molecule has 0 spiro atoms. The van der Waals surface area contributed by atoms with Gasteiger partial charge < -0.3 is 4.57 Å². The fourth-order valence-electron chi connectivity index (χ4n) is 1.64. The molecule has 0 N–H and O–H groups in total. The average Bonchev–Trinajstić information content (AvgIpc) is 2.59. The van der Waals surface area contributed by atoms with Gasteiger partial charge in [-0.3, -0.25) is 0 Å². The Balaban J connectivity index is 2.61. The molecule has 0 bridgehead atoms. The van der Waals surface area contributed by atoms with E-state index in [0.29, 0.717) is 6.04 Å². The van der Waals surface area contributed by atoms with E-state index in [0.717, 1.165) is 5.02 Å². The van der Waals surface area contributed by atoms with Crippen LogP contribution in [0.15, 0.2) is 30.5 Å². The minimum atomic E-state index is 0.408. The van der Waals surface area contributed by atoms with E-state index in [9.17, 15) is 0 Å². The molecule has 1 aromatic heterocycles. The first-order valence-electron chi connectivity index (χ1n) is 4.78. The van der Waals surface area contributed by atoms with Gasteiger partial charge >= 0.3 is 0 Å². The lowest BCUT2D eigenvalue weighted by molar-refractivity contribution is 0.643. The zero-order valence-electron chi connectivity index (χ0n) is 8.37. The fourth-order valence-corrected chi connectivity index (χ4v) is 1.80. The number of hydrogen-bond donors (Lipinski definition) is 0. The summed E-state index contributed by atoms with van der Waals surface area (Å²) in [5.41, 5.74) is 1.20. The van der Waals surface area contributed by atoms with Gasteiger partial charge in [-0.15, -0.1) is 0 Å². The van der Waals surface area contributed by atoms with Crippen molar-refractivity contribution in [3.8, 4) is 0 Å². The van der Waals surface area contributed by atoms with E-state index in [1.807, 2.05) is 12.1 Å². The number of aromatic nitrogens is 1. The minimum Gasteiger partial charge on any atom is -0.344 e. The van der Waals surface area contributed by atoms with E-state index in [-0.39, 0.29) is 0 Å². The number of nitrogens with zero attached hydrogens (tertiary/aromatic N) is 1. The maximum absolute atomic E-state index is 5.97. The van der Waals surface area contributed by atoms with E-state index < -0.39 is 0 Å². The average molecular weight is 207 g/mol. The van der Waals surface area contributed by atoms with Crippen LogP contribution in [-0.4, -0.2) is 4.57 Å². The predicted octanol–water partition coefficient (Wildman–Crippen LogP) is 4.08. The van der Waals surface area contributed by atoms with Gasteiger partial charge in [0.25, 0.3) is 0 Å².